The Balaban J connectivity index is 2.30. The number of hydrogen-bond acceptors (Lipinski definition) is 6. The molecule has 0 fully saturated rings. The highest BCUT2D eigenvalue weighted by atomic mass is 32.1. The van der Waals surface area contributed by atoms with Crippen LogP contribution in [0.2, 0.25) is 0 Å². The number of carbonyl (C=O) groups is 1. The topological polar surface area (TPSA) is 73.3 Å². The number of nitrogens with zero attached hydrogens (tertiary/aromatic N) is 2. The highest BCUT2D eigenvalue weighted by Gasteiger charge is 2.17. The summed E-state index contributed by atoms with van der Waals surface area (Å²) in [4.78, 5) is 20.4. The SMILES string of the molecule is COc1ncnc(OC)c1NC(=O)c1cccs1. The van der Waals surface area contributed by atoms with E-state index in [2.05, 4.69) is 15.3 Å². The predicted octanol–water partition coefficient (Wildman–Crippen LogP) is 1.81. The van der Waals surface area contributed by atoms with Gasteiger partial charge in [-0.3, -0.25) is 4.79 Å². The van der Waals surface area contributed by atoms with E-state index in [0.29, 0.717) is 10.6 Å². The molecule has 0 unspecified atom stereocenters. The second kappa shape index (κ2) is 5.46. The van der Waals surface area contributed by atoms with E-state index in [1.54, 1.807) is 12.1 Å². The van der Waals surface area contributed by atoms with Crippen molar-refractivity contribution in [3.05, 3.63) is 28.7 Å². The molecule has 1 N–H and O–H groups in total. The van der Waals surface area contributed by atoms with Gasteiger partial charge in [-0.1, -0.05) is 6.07 Å². The van der Waals surface area contributed by atoms with Crippen LogP contribution in [0.25, 0.3) is 0 Å². The van der Waals surface area contributed by atoms with Crippen LogP contribution in [0.3, 0.4) is 0 Å². The van der Waals surface area contributed by atoms with Crippen molar-refractivity contribution in [2.24, 2.45) is 0 Å². The van der Waals surface area contributed by atoms with Crippen LogP contribution < -0.4 is 14.8 Å². The molecule has 6 nitrogen and oxygen atoms in total. The first-order valence-corrected chi connectivity index (χ1v) is 5.92. The molecule has 0 saturated carbocycles. The summed E-state index contributed by atoms with van der Waals surface area (Å²) in [5.74, 6) is 0.259. The highest BCUT2D eigenvalue weighted by molar-refractivity contribution is 7.12. The van der Waals surface area contributed by atoms with Crippen LogP contribution >= 0.6 is 11.3 Å². The Morgan fingerprint density at radius 2 is 1.94 bits per heavy atom. The lowest BCUT2D eigenvalue weighted by Crippen LogP contribution is -2.13. The van der Waals surface area contributed by atoms with Crippen molar-refractivity contribution in [1.29, 1.82) is 0 Å². The zero-order valence-corrected chi connectivity index (χ0v) is 10.7. The summed E-state index contributed by atoms with van der Waals surface area (Å²) in [6, 6.07) is 3.53. The highest BCUT2D eigenvalue weighted by Crippen LogP contribution is 2.30. The molecule has 2 heterocycles. The maximum atomic E-state index is 11.9. The normalized spacial score (nSPS) is 9.89. The van der Waals surface area contributed by atoms with E-state index in [-0.39, 0.29) is 17.7 Å². The number of amides is 1. The van der Waals surface area contributed by atoms with Crippen LogP contribution in [-0.4, -0.2) is 30.1 Å². The van der Waals surface area contributed by atoms with E-state index in [1.807, 2.05) is 5.38 Å². The standard InChI is InChI=1S/C11H11N3O3S/c1-16-10-8(11(17-2)13-6-12-10)14-9(15)7-4-3-5-18-7/h3-6H,1-2H3,(H,14,15). The predicted molar refractivity (Wildman–Crippen MR) is 67.4 cm³/mol. The molecule has 0 radical (unpaired) electrons. The van der Waals surface area contributed by atoms with Gasteiger partial charge >= 0.3 is 0 Å². The van der Waals surface area contributed by atoms with E-state index in [1.165, 1.54) is 31.9 Å². The molecule has 2 aromatic rings. The molecule has 0 aliphatic heterocycles. The molecule has 0 aromatic carbocycles. The van der Waals surface area contributed by atoms with Crippen molar-refractivity contribution in [2.45, 2.75) is 0 Å². The van der Waals surface area contributed by atoms with Crippen LogP contribution in [0.4, 0.5) is 5.69 Å². The van der Waals surface area contributed by atoms with E-state index >= 15 is 0 Å². The number of hydrogen-bond donors (Lipinski definition) is 1. The molecule has 2 rings (SSSR count). The van der Waals surface area contributed by atoms with E-state index in [9.17, 15) is 4.79 Å². The fourth-order valence-corrected chi connectivity index (χ4v) is 1.97. The maximum absolute atomic E-state index is 11.9. The quantitative estimate of drug-likeness (QED) is 0.912. The summed E-state index contributed by atoms with van der Waals surface area (Å²) >= 11 is 1.34. The van der Waals surface area contributed by atoms with Crippen LogP contribution in [0.15, 0.2) is 23.8 Å². The Morgan fingerprint density at radius 3 is 2.44 bits per heavy atom. The van der Waals surface area contributed by atoms with Crippen LogP contribution in [0, 0.1) is 0 Å². The third-order valence-corrected chi connectivity index (χ3v) is 3.02. The first kappa shape index (κ1) is 12.3. The van der Waals surface area contributed by atoms with Gasteiger partial charge < -0.3 is 14.8 Å². The van der Waals surface area contributed by atoms with Crippen molar-refractivity contribution >= 4 is 22.9 Å². The molecule has 0 bridgehead atoms. The van der Waals surface area contributed by atoms with Gasteiger partial charge in [0.05, 0.1) is 19.1 Å². The fourth-order valence-electron chi connectivity index (χ4n) is 1.35. The van der Waals surface area contributed by atoms with Gasteiger partial charge in [-0.2, -0.15) is 9.97 Å². The summed E-state index contributed by atoms with van der Waals surface area (Å²) in [5, 5.41) is 4.50. The zero-order valence-electron chi connectivity index (χ0n) is 9.84. The van der Waals surface area contributed by atoms with Crippen molar-refractivity contribution in [3.8, 4) is 11.8 Å². The minimum atomic E-state index is -0.253. The third-order valence-electron chi connectivity index (χ3n) is 2.15. The summed E-state index contributed by atoms with van der Waals surface area (Å²) in [7, 11) is 2.92. The van der Waals surface area contributed by atoms with Gasteiger partial charge in [0.15, 0.2) is 5.69 Å². The Morgan fingerprint density at radius 1 is 1.28 bits per heavy atom. The van der Waals surface area contributed by atoms with Gasteiger partial charge in [0.2, 0.25) is 11.8 Å². The number of rotatable bonds is 4. The van der Waals surface area contributed by atoms with Crippen molar-refractivity contribution in [2.75, 3.05) is 19.5 Å². The molecular formula is C11H11N3O3S. The van der Waals surface area contributed by atoms with Crippen molar-refractivity contribution in [3.63, 3.8) is 0 Å². The number of carbonyl (C=O) groups excluding carboxylic acids is 1. The summed E-state index contributed by atoms with van der Waals surface area (Å²) in [6.45, 7) is 0. The molecular weight excluding hydrogens is 254 g/mol. The molecule has 0 spiro atoms. The van der Waals surface area contributed by atoms with Crippen LogP contribution in [-0.2, 0) is 0 Å². The lowest BCUT2D eigenvalue weighted by Gasteiger charge is -2.11. The smallest absolute Gasteiger partial charge is 0.266 e. The number of anilines is 1. The lowest BCUT2D eigenvalue weighted by atomic mass is 10.4. The second-order valence-electron chi connectivity index (χ2n) is 3.20. The number of aromatic nitrogens is 2. The molecule has 18 heavy (non-hydrogen) atoms. The average Bonchev–Trinajstić information content (AvgIpc) is 2.93. The number of methoxy groups -OCH3 is 2. The molecule has 0 aliphatic rings. The Labute approximate surface area is 108 Å². The minimum absolute atomic E-state index is 0.253. The first-order chi connectivity index (χ1) is 8.76. The molecule has 2 aromatic heterocycles. The lowest BCUT2D eigenvalue weighted by molar-refractivity contribution is 0.102. The molecule has 7 heteroatoms. The number of nitrogens with one attached hydrogen (secondary N) is 1. The van der Waals surface area contributed by atoms with Crippen molar-refractivity contribution < 1.29 is 14.3 Å². The monoisotopic (exact) mass is 265 g/mol. The van der Waals surface area contributed by atoms with E-state index in [4.69, 9.17) is 9.47 Å². The van der Waals surface area contributed by atoms with Gasteiger partial charge in [0, 0.05) is 0 Å². The Kier molecular flexibility index (Phi) is 3.73. The minimum Gasteiger partial charge on any atom is -0.479 e. The van der Waals surface area contributed by atoms with Gasteiger partial charge in [-0.25, -0.2) is 0 Å². The Bertz CT molecular complexity index is 520. The van der Waals surface area contributed by atoms with E-state index in [0.717, 1.165) is 0 Å². The summed E-state index contributed by atoms with van der Waals surface area (Å²) in [5.41, 5.74) is 0.320. The van der Waals surface area contributed by atoms with Gasteiger partial charge in [-0.05, 0) is 11.4 Å². The molecule has 0 aliphatic carbocycles. The van der Waals surface area contributed by atoms with Gasteiger partial charge in [0.1, 0.15) is 6.33 Å². The molecule has 1 amide bonds. The molecule has 0 saturated heterocycles. The summed E-state index contributed by atoms with van der Waals surface area (Å²) in [6.07, 6.45) is 1.30. The fraction of sp³-hybridized carbons (Fsp3) is 0.182. The number of ether oxygens (including phenoxy) is 2. The van der Waals surface area contributed by atoms with Gasteiger partial charge in [0.25, 0.3) is 5.91 Å². The second-order valence-corrected chi connectivity index (χ2v) is 4.15. The Hall–Kier alpha value is -2.15. The maximum Gasteiger partial charge on any atom is 0.266 e. The average molecular weight is 265 g/mol. The van der Waals surface area contributed by atoms with Crippen LogP contribution in [0.1, 0.15) is 9.67 Å². The zero-order chi connectivity index (χ0) is 13.0. The molecule has 0 atom stereocenters. The largest absolute Gasteiger partial charge is 0.479 e. The molecule has 94 valence electrons. The van der Waals surface area contributed by atoms with Gasteiger partial charge in [-0.15, -0.1) is 11.3 Å². The summed E-state index contributed by atoms with van der Waals surface area (Å²) < 4.78 is 10.1. The van der Waals surface area contributed by atoms with Crippen LogP contribution in [0.5, 0.6) is 11.8 Å². The number of thiophene rings is 1. The first-order valence-electron chi connectivity index (χ1n) is 5.04. The van der Waals surface area contributed by atoms with Crippen molar-refractivity contribution in [1.82, 2.24) is 9.97 Å². The third kappa shape index (κ3) is 2.40. The van der Waals surface area contributed by atoms with E-state index < -0.39 is 0 Å².